The van der Waals surface area contributed by atoms with Gasteiger partial charge in [0.2, 0.25) is 0 Å². The number of Topliss-reactive ketones (excluding diaryl/α,β-unsaturated/α-hetero) is 1. The van der Waals surface area contributed by atoms with Gasteiger partial charge in [0, 0.05) is 12.6 Å². The summed E-state index contributed by atoms with van der Waals surface area (Å²) >= 11 is 0. The maximum Gasteiger partial charge on any atom is 0.163 e. The van der Waals surface area contributed by atoms with E-state index in [9.17, 15) is 14.7 Å². The number of aryl methyl sites for hydroxylation is 5. The molecule has 0 amide bonds. The molecule has 0 fully saturated rings. The quantitative estimate of drug-likeness (QED) is 0.0326. The number of hydrogen-bond acceptors (Lipinski definition) is 7. The molecular formula is C50H59N3O4. The van der Waals surface area contributed by atoms with Gasteiger partial charge in [0.15, 0.2) is 17.3 Å². The largest absolute Gasteiger partial charge is 0.504 e. The summed E-state index contributed by atoms with van der Waals surface area (Å²) in [5, 5.41) is 14.1. The highest BCUT2D eigenvalue weighted by molar-refractivity contribution is 6.06. The van der Waals surface area contributed by atoms with Crippen LogP contribution in [-0.4, -0.2) is 42.4 Å². The van der Waals surface area contributed by atoms with Gasteiger partial charge in [-0.25, -0.2) is 4.98 Å². The van der Waals surface area contributed by atoms with E-state index in [-0.39, 0.29) is 23.7 Å². The van der Waals surface area contributed by atoms with Crippen LogP contribution in [0, 0.1) is 5.92 Å². The number of pyridine rings is 1. The van der Waals surface area contributed by atoms with Crippen molar-refractivity contribution in [3.8, 4) is 11.5 Å². The summed E-state index contributed by atoms with van der Waals surface area (Å²) in [4.78, 5) is 30.2. The van der Waals surface area contributed by atoms with Crippen molar-refractivity contribution < 1.29 is 19.4 Å². The number of rotatable bonds is 24. The maximum atomic E-state index is 13.0. The van der Waals surface area contributed by atoms with Crippen LogP contribution in [0.4, 0.5) is 5.82 Å². The molecule has 4 N–H and O–H groups in total. The molecule has 1 heterocycles. The van der Waals surface area contributed by atoms with Gasteiger partial charge in [0.1, 0.15) is 11.6 Å². The van der Waals surface area contributed by atoms with Crippen LogP contribution in [0.3, 0.4) is 0 Å². The van der Waals surface area contributed by atoms with Crippen LogP contribution in [-0.2, 0) is 48.1 Å². The molecule has 0 saturated heterocycles. The number of methoxy groups -OCH3 is 1. The summed E-state index contributed by atoms with van der Waals surface area (Å²) in [5.41, 5.74) is 15.0. The van der Waals surface area contributed by atoms with E-state index in [1.165, 1.54) is 35.4 Å². The van der Waals surface area contributed by atoms with Gasteiger partial charge in [-0.05, 0) is 146 Å². The van der Waals surface area contributed by atoms with Gasteiger partial charge in [0.05, 0.1) is 13.5 Å². The Kier molecular flexibility index (Phi) is 17.1. The van der Waals surface area contributed by atoms with Crippen LogP contribution in [0.5, 0.6) is 11.5 Å². The SMILES string of the molecule is CNC[C@H](CCCCCC(=O)CC(=O)/C=C/c1cc(OC)c(O)cc1Cc1cnc(N)cc1CCc1cccc(CCc2ccccc2)c1)CCc1ccccc1. The van der Waals surface area contributed by atoms with E-state index in [0.717, 1.165) is 93.0 Å². The second kappa shape index (κ2) is 22.9. The molecule has 7 heteroatoms. The van der Waals surface area contributed by atoms with Crippen LogP contribution in [0.2, 0.25) is 0 Å². The number of benzene rings is 4. The molecule has 0 bridgehead atoms. The number of nitrogens with zero attached hydrogens (tertiary/aromatic N) is 1. The Hall–Kier alpha value is -5.53. The number of carbonyl (C=O) groups is 2. The third-order valence-corrected chi connectivity index (χ3v) is 10.7. The van der Waals surface area contributed by atoms with Crippen molar-refractivity contribution in [2.45, 2.75) is 83.5 Å². The van der Waals surface area contributed by atoms with Crippen molar-refractivity contribution in [3.63, 3.8) is 0 Å². The van der Waals surface area contributed by atoms with Gasteiger partial charge in [-0.2, -0.15) is 0 Å². The number of phenols is 1. The summed E-state index contributed by atoms with van der Waals surface area (Å²) in [6.45, 7) is 0.990. The Morgan fingerprint density at radius 1 is 0.754 bits per heavy atom. The lowest BCUT2D eigenvalue weighted by atomic mass is 9.93. The third kappa shape index (κ3) is 14.5. The molecule has 0 aliphatic carbocycles. The molecule has 5 rings (SSSR count). The number of allylic oxidation sites excluding steroid dienone is 1. The number of anilines is 1. The van der Waals surface area contributed by atoms with Crippen molar-refractivity contribution in [1.82, 2.24) is 10.3 Å². The Balaban J connectivity index is 1.14. The second-order valence-electron chi connectivity index (χ2n) is 15.1. The second-order valence-corrected chi connectivity index (χ2v) is 15.1. The van der Waals surface area contributed by atoms with E-state index >= 15 is 0 Å². The van der Waals surface area contributed by atoms with E-state index in [2.05, 4.69) is 89.2 Å². The molecule has 57 heavy (non-hydrogen) atoms. The zero-order valence-electron chi connectivity index (χ0n) is 33.7. The third-order valence-electron chi connectivity index (χ3n) is 10.7. The molecule has 1 aromatic heterocycles. The monoisotopic (exact) mass is 765 g/mol. The Bertz CT molecular complexity index is 2040. The number of phenolic OH excluding ortho intramolecular Hbond substituents is 1. The average Bonchev–Trinajstić information content (AvgIpc) is 3.22. The van der Waals surface area contributed by atoms with Crippen molar-refractivity contribution in [2.24, 2.45) is 5.92 Å². The predicted octanol–water partition coefficient (Wildman–Crippen LogP) is 9.50. The molecule has 0 spiro atoms. The van der Waals surface area contributed by atoms with Gasteiger partial charge in [-0.1, -0.05) is 104 Å². The van der Waals surface area contributed by atoms with Crippen molar-refractivity contribution >= 4 is 23.5 Å². The van der Waals surface area contributed by atoms with E-state index in [1.54, 1.807) is 24.4 Å². The Morgan fingerprint density at radius 3 is 2.12 bits per heavy atom. The number of hydrogen-bond donors (Lipinski definition) is 3. The number of nitrogens with two attached hydrogens (primary N) is 1. The molecule has 7 nitrogen and oxygen atoms in total. The standard InChI is InChI=1S/C50H59N3O4/c1-52-35-41(24-22-38-15-8-4-9-16-38)17-10-5-11-20-46(54)34-47(55)28-27-42-32-49(57-2)48(56)31-44(42)30-45-36-53-50(51)33-43(45)26-25-40-19-12-18-39(29-40)23-21-37-13-6-3-7-14-37/h3-4,6-9,12-16,18-19,27-29,31-33,36,41,52,56H,5,10-11,17,20-26,30,34-35H2,1-2H3,(H2,51,53)/b28-27+/t41-/m1/s1. The number of carbonyl (C=O) groups excluding carboxylic acids is 2. The highest BCUT2D eigenvalue weighted by Crippen LogP contribution is 2.32. The summed E-state index contributed by atoms with van der Waals surface area (Å²) in [7, 11) is 3.50. The highest BCUT2D eigenvalue weighted by Gasteiger charge is 2.14. The van der Waals surface area contributed by atoms with Gasteiger partial charge in [-0.3, -0.25) is 9.59 Å². The van der Waals surface area contributed by atoms with Crippen molar-refractivity contribution in [2.75, 3.05) is 26.4 Å². The lowest BCUT2D eigenvalue weighted by Gasteiger charge is -2.16. The number of ether oxygens (including phenoxy) is 1. The zero-order chi connectivity index (χ0) is 40.2. The van der Waals surface area contributed by atoms with Gasteiger partial charge >= 0.3 is 0 Å². The average molecular weight is 766 g/mol. The number of nitrogen functional groups attached to an aromatic ring is 1. The molecule has 0 aliphatic rings. The minimum atomic E-state index is -0.242. The van der Waals surface area contributed by atoms with E-state index in [1.807, 2.05) is 19.2 Å². The molecule has 0 radical (unpaired) electrons. The fraction of sp³-hybridized carbons (Fsp3) is 0.340. The molecule has 5 aromatic rings. The minimum Gasteiger partial charge on any atom is -0.504 e. The number of ketones is 2. The number of unbranched alkanes of at least 4 members (excludes halogenated alkanes) is 2. The first kappa shape index (κ1) is 42.6. The van der Waals surface area contributed by atoms with E-state index < -0.39 is 0 Å². The normalized spacial score (nSPS) is 11.8. The smallest absolute Gasteiger partial charge is 0.163 e. The fourth-order valence-electron chi connectivity index (χ4n) is 7.50. The highest BCUT2D eigenvalue weighted by atomic mass is 16.5. The first-order valence-corrected chi connectivity index (χ1v) is 20.5. The minimum absolute atomic E-state index is 0.0110. The van der Waals surface area contributed by atoms with Crippen molar-refractivity contribution in [1.29, 1.82) is 0 Å². The molecular weight excluding hydrogens is 707 g/mol. The van der Waals surface area contributed by atoms with E-state index in [0.29, 0.717) is 30.3 Å². The summed E-state index contributed by atoms with van der Waals surface area (Å²) in [6, 6.07) is 35.2. The Morgan fingerprint density at radius 2 is 1.42 bits per heavy atom. The van der Waals surface area contributed by atoms with Gasteiger partial charge < -0.3 is 20.9 Å². The first-order valence-electron chi connectivity index (χ1n) is 20.5. The van der Waals surface area contributed by atoms with Crippen LogP contribution >= 0.6 is 0 Å². The lowest BCUT2D eigenvalue weighted by Crippen LogP contribution is -2.19. The number of aromatic hydroxyl groups is 1. The Labute approximate surface area is 339 Å². The van der Waals surface area contributed by atoms with Crippen LogP contribution in [0.25, 0.3) is 6.08 Å². The maximum absolute atomic E-state index is 13.0. The lowest BCUT2D eigenvalue weighted by molar-refractivity contribution is -0.124. The zero-order valence-corrected chi connectivity index (χ0v) is 33.7. The van der Waals surface area contributed by atoms with Crippen LogP contribution in [0.1, 0.15) is 89.5 Å². The molecule has 1 atom stereocenters. The molecule has 0 aliphatic heterocycles. The van der Waals surface area contributed by atoms with Gasteiger partial charge in [-0.15, -0.1) is 0 Å². The molecule has 4 aromatic carbocycles. The van der Waals surface area contributed by atoms with Gasteiger partial charge in [0.25, 0.3) is 0 Å². The molecule has 0 saturated carbocycles. The topological polar surface area (TPSA) is 115 Å². The van der Waals surface area contributed by atoms with Crippen LogP contribution in [0.15, 0.2) is 115 Å². The van der Waals surface area contributed by atoms with E-state index in [4.69, 9.17) is 10.5 Å². The fourth-order valence-corrected chi connectivity index (χ4v) is 7.50. The summed E-state index contributed by atoms with van der Waals surface area (Å²) < 4.78 is 5.41. The molecule has 0 unspecified atom stereocenters. The number of nitrogens with one attached hydrogen (secondary N) is 1. The summed E-state index contributed by atoms with van der Waals surface area (Å²) in [5.74, 6) is 1.09. The van der Waals surface area contributed by atoms with Crippen LogP contribution < -0.4 is 15.8 Å². The number of aromatic nitrogens is 1. The predicted molar refractivity (Wildman–Crippen MR) is 233 cm³/mol. The van der Waals surface area contributed by atoms with Crippen molar-refractivity contribution in [3.05, 3.63) is 160 Å². The first-order chi connectivity index (χ1) is 27.8. The molecule has 298 valence electrons. The summed E-state index contributed by atoms with van der Waals surface area (Å²) in [6.07, 6.45) is 15.5.